The van der Waals surface area contributed by atoms with E-state index in [1.54, 1.807) is 15.0 Å². The second-order valence-corrected chi connectivity index (χ2v) is 6.84. The summed E-state index contributed by atoms with van der Waals surface area (Å²) in [5.74, 6) is -0.186. The summed E-state index contributed by atoms with van der Waals surface area (Å²) in [4.78, 5) is 31.3. The Morgan fingerprint density at radius 2 is 2.07 bits per heavy atom. The van der Waals surface area contributed by atoms with Gasteiger partial charge in [-0.05, 0) is 17.1 Å². The summed E-state index contributed by atoms with van der Waals surface area (Å²) < 4.78 is 5.42. The SMILES string of the molecule is O=C(NCc1ccccc1)C1CN(C(=O)c2csnn2)Cc2ncnn2C1. The fourth-order valence-electron chi connectivity index (χ4n) is 3.00. The first-order valence-electron chi connectivity index (χ1n) is 8.45. The molecule has 1 atom stereocenters. The normalized spacial score (nSPS) is 16.4. The molecule has 138 valence electrons. The van der Waals surface area contributed by atoms with Crippen LogP contribution in [0.1, 0.15) is 21.9 Å². The lowest BCUT2D eigenvalue weighted by Crippen LogP contribution is -2.41. The fourth-order valence-corrected chi connectivity index (χ4v) is 3.43. The zero-order chi connectivity index (χ0) is 18.6. The quantitative estimate of drug-likeness (QED) is 0.712. The fraction of sp³-hybridized carbons (Fsp3) is 0.294. The Kier molecular flexibility index (Phi) is 4.88. The average molecular weight is 383 g/mol. The number of hydrogen-bond donors (Lipinski definition) is 1. The maximum Gasteiger partial charge on any atom is 0.275 e. The van der Waals surface area contributed by atoms with Crippen LogP contribution in [-0.2, 0) is 24.4 Å². The van der Waals surface area contributed by atoms with Gasteiger partial charge in [0.05, 0.1) is 19.0 Å². The number of rotatable bonds is 4. The van der Waals surface area contributed by atoms with Crippen molar-refractivity contribution in [2.75, 3.05) is 6.54 Å². The zero-order valence-corrected chi connectivity index (χ0v) is 15.2. The van der Waals surface area contributed by atoms with E-state index < -0.39 is 5.92 Å². The third-order valence-electron chi connectivity index (χ3n) is 4.41. The lowest BCUT2D eigenvalue weighted by Gasteiger charge is -2.22. The molecule has 1 unspecified atom stereocenters. The molecule has 1 aromatic carbocycles. The molecule has 1 aliphatic heterocycles. The molecule has 1 N–H and O–H groups in total. The number of hydrogen-bond acceptors (Lipinski definition) is 7. The molecule has 0 radical (unpaired) electrons. The molecule has 4 rings (SSSR count). The molecule has 0 saturated carbocycles. The molecule has 2 aromatic heterocycles. The number of nitrogens with zero attached hydrogens (tertiary/aromatic N) is 6. The lowest BCUT2D eigenvalue weighted by molar-refractivity contribution is -0.126. The predicted molar refractivity (Wildman–Crippen MR) is 96.5 cm³/mol. The third-order valence-corrected chi connectivity index (χ3v) is 4.91. The minimum atomic E-state index is -0.438. The number of carbonyl (C=O) groups excluding carboxylic acids is 2. The second kappa shape index (κ2) is 7.62. The Morgan fingerprint density at radius 3 is 2.85 bits per heavy atom. The molecule has 0 spiro atoms. The van der Waals surface area contributed by atoms with Crippen LogP contribution in [0.3, 0.4) is 0 Å². The van der Waals surface area contributed by atoms with Crippen LogP contribution in [-0.4, -0.2) is 47.6 Å². The maximum absolute atomic E-state index is 12.8. The van der Waals surface area contributed by atoms with Crippen LogP contribution in [0.5, 0.6) is 0 Å². The highest BCUT2D eigenvalue weighted by Gasteiger charge is 2.31. The maximum atomic E-state index is 12.8. The highest BCUT2D eigenvalue weighted by atomic mass is 32.1. The van der Waals surface area contributed by atoms with Gasteiger partial charge in [-0.25, -0.2) is 9.67 Å². The molecule has 27 heavy (non-hydrogen) atoms. The summed E-state index contributed by atoms with van der Waals surface area (Å²) in [5.41, 5.74) is 1.29. The van der Waals surface area contributed by atoms with Crippen molar-refractivity contribution in [2.45, 2.75) is 19.6 Å². The molecular formula is C17H17N7O2S. The van der Waals surface area contributed by atoms with Gasteiger partial charge in [0.15, 0.2) is 5.69 Å². The van der Waals surface area contributed by atoms with E-state index in [2.05, 4.69) is 25.0 Å². The van der Waals surface area contributed by atoms with Crippen LogP contribution in [0.2, 0.25) is 0 Å². The van der Waals surface area contributed by atoms with Gasteiger partial charge in [0, 0.05) is 18.5 Å². The average Bonchev–Trinajstić information content (AvgIpc) is 3.35. The van der Waals surface area contributed by atoms with Gasteiger partial charge < -0.3 is 10.2 Å². The van der Waals surface area contributed by atoms with Crippen molar-refractivity contribution < 1.29 is 9.59 Å². The zero-order valence-electron chi connectivity index (χ0n) is 14.4. The summed E-state index contributed by atoms with van der Waals surface area (Å²) in [6.07, 6.45) is 1.44. The van der Waals surface area contributed by atoms with Crippen molar-refractivity contribution in [3.05, 3.63) is 59.1 Å². The Morgan fingerprint density at radius 1 is 1.22 bits per heavy atom. The number of aromatic nitrogens is 5. The van der Waals surface area contributed by atoms with Crippen molar-refractivity contribution >= 4 is 23.3 Å². The van der Waals surface area contributed by atoms with Crippen molar-refractivity contribution in [1.82, 2.24) is 34.6 Å². The van der Waals surface area contributed by atoms with Crippen molar-refractivity contribution in [2.24, 2.45) is 5.92 Å². The smallest absolute Gasteiger partial charge is 0.275 e. The van der Waals surface area contributed by atoms with Gasteiger partial charge >= 0.3 is 0 Å². The van der Waals surface area contributed by atoms with Gasteiger partial charge in [0.2, 0.25) is 5.91 Å². The molecule has 10 heteroatoms. The van der Waals surface area contributed by atoms with Crippen molar-refractivity contribution in [1.29, 1.82) is 0 Å². The van der Waals surface area contributed by atoms with Gasteiger partial charge in [0.1, 0.15) is 12.2 Å². The van der Waals surface area contributed by atoms with Gasteiger partial charge in [0.25, 0.3) is 5.91 Å². The van der Waals surface area contributed by atoms with Crippen LogP contribution in [0.4, 0.5) is 0 Å². The largest absolute Gasteiger partial charge is 0.352 e. The minimum absolute atomic E-state index is 0.128. The minimum Gasteiger partial charge on any atom is -0.352 e. The Labute approximate surface area is 159 Å². The molecule has 3 heterocycles. The first-order chi connectivity index (χ1) is 13.2. The first kappa shape index (κ1) is 17.3. The summed E-state index contributed by atoms with van der Waals surface area (Å²) in [5, 5.41) is 12.6. The molecular weight excluding hydrogens is 366 g/mol. The van der Waals surface area contributed by atoms with Crippen LogP contribution in [0.25, 0.3) is 0 Å². The lowest BCUT2D eigenvalue weighted by atomic mass is 10.1. The highest BCUT2D eigenvalue weighted by molar-refractivity contribution is 7.03. The summed E-state index contributed by atoms with van der Waals surface area (Å²) in [6.45, 7) is 1.35. The van der Waals surface area contributed by atoms with E-state index in [0.29, 0.717) is 18.9 Å². The van der Waals surface area contributed by atoms with E-state index in [9.17, 15) is 9.59 Å². The van der Waals surface area contributed by atoms with Gasteiger partial charge in [-0.3, -0.25) is 9.59 Å². The monoisotopic (exact) mass is 383 g/mol. The van der Waals surface area contributed by atoms with Gasteiger partial charge in [-0.1, -0.05) is 34.8 Å². The number of carbonyl (C=O) groups is 2. The molecule has 3 aromatic rings. The van der Waals surface area contributed by atoms with E-state index in [4.69, 9.17) is 0 Å². The van der Waals surface area contributed by atoms with E-state index in [-0.39, 0.29) is 30.6 Å². The third kappa shape index (κ3) is 3.85. The van der Waals surface area contributed by atoms with Crippen molar-refractivity contribution in [3.8, 4) is 0 Å². The summed E-state index contributed by atoms with van der Waals surface area (Å²) in [7, 11) is 0. The molecule has 0 bridgehead atoms. The Balaban J connectivity index is 1.51. The van der Waals surface area contributed by atoms with Crippen LogP contribution < -0.4 is 5.32 Å². The first-order valence-corrected chi connectivity index (χ1v) is 9.29. The van der Waals surface area contributed by atoms with Crippen molar-refractivity contribution in [3.63, 3.8) is 0 Å². The summed E-state index contributed by atoms with van der Waals surface area (Å²) >= 11 is 1.12. The molecule has 2 amide bonds. The van der Waals surface area contributed by atoms with E-state index >= 15 is 0 Å². The number of nitrogens with one attached hydrogen (secondary N) is 1. The molecule has 0 saturated heterocycles. The standard InChI is InChI=1S/C17H17N7O2S/c25-16(18-6-12-4-2-1-3-5-12)13-7-23(17(26)14-10-27-22-21-14)9-15-19-11-20-24(15)8-13/h1-5,10-11,13H,6-9H2,(H,18,25). The highest BCUT2D eigenvalue weighted by Crippen LogP contribution is 2.17. The molecule has 0 aliphatic carbocycles. The molecule has 9 nitrogen and oxygen atoms in total. The molecule has 1 aliphatic rings. The number of amides is 2. The van der Waals surface area contributed by atoms with E-state index in [1.807, 2.05) is 30.3 Å². The number of fused-ring (bicyclic) bond motifs is 1. The Hall–Kier alpha value is -3.14. The topological polar surface area (TPSA) is 106 Å². The number of benzene rings is 1. The second-order valence-electron chi connectivity index (χ2n) is 6.23. The van der Waals surface area contributed by atoms with E-state index in [0.717, 1.165) is 17.1 Å². The Bertz CT molecular complexity index is 926. The van der Waals surface area contributed by atoms with E-state index in [1.165, 1.54) is 6.33 Å². The van der Waals surface area contributed by atoms with Crippen LogP contribution in [0.15, 0.2) is 42.0 Å². The van der Waals surface area contributed by atoms with Crippen LogP contribution in [0, 0.1) is 5.92 Å². The van der Waals surface area contributed by atoms with Crippen LogP contribution >= 0.6 is 11.5 Å². The van der Waals surface area contributed by atoms with Gasteiger partial charge in [-0.2, -0.15) is 5.10 Å². The summed E-state index contributed by atoms with van der Waals surface area (Å²) in [6, 6.07) is 9.69. The molecule has 0 fully saturated rings. The van der Waals surface area contributed by atoms with Gasteiger partial charge in [-0.15, -0.1) is 5.10 Å². The predicted octanol–water partition coefficient (Wildman–Crippen LogP) is 0.718.